The lowest BCUT2D eigenvalue weighted by atomic mass is 10.1. The first-order valence-electron chi connectivity index (χ1n) is 9.75. The molecule has 1 unspecified atom stereocenters. The van der Waals surface area contributed by atoms with Crippen molar-refractivity contribution in [2.24, 2.45) is 0 Å². The largest absolute Gasteiger partial charge is 0.454 e. The minimum atomic E-state index is -0.207. The Morgan fingerprint density at radius 1 is 1.27 bits per heavy atom. The van der Waals surface area contributed by atoms with Crippen LogP contribution in [0.15, 0.2) is 48.0 Å². The zero-order valence-electron chi connectivity index (χ0n) is 16.6. The van der Waals surface area contributed by atoms with Crippen LogP contribution in [0.5, 0.6) is 11.5 Å². The Morgan fingerprint density at radius 3 is 2.93 bits per heavy atom. The number of thiophene rings is 1. The van der Waals surface area contributed by atoms with Gasteiger partial charge in [-0.25, -0.2) is 9.67 Å². The maximum absolute atomic E-state index is 13.3. The van der Waals surface area contributed by atoms with Gasteiger partial charge in [-0.15, -0.1) is 11.3 Å². The van der Waals surface area contributed by atoms with Crippen molar-refractivity contribution in [3.63, 3.8) is 0 Å². The molecule has 1 aliphatic rings. The molecular formula is C22H20N4O3S. The molecule has 0 bridgehead atoms. The van der Waals surface area contributed by atoms with E-state index in [1.807, 2.05) is 60.3 Å². The average molecular weight is 420 g/mol. The van der Waals surface area contributed by atoms with Crippen LogP contribution in [-0.4, -0.2) is 27.5 Å². The second-order valence-corrected chi connectivity index (χ2v) is 7.99. The summed E-state index contributed by atoms with van der Waals surface area (Å²) in [6.07, 6.45) is 1.71. The third-order valence-electron chi connectivity index (χ3n) is 5.17. The summed E-state index contributed by atoms with van der Waals surface area (Å²) in [7, 11) is 0. The SMILES string of the molecule is CCn1ncc2c(C(=O)NC(C)c3ccc4c(c3)OCO4)cc(-c3cccs3)nc21. The van der Waals surface area contributed by atoms with Gasteiger partial charge in [-0.1, -0.05) is 12.1 Å². The predicted molar refractivity (Wildman–Crippen MR) is 115 cm³/mol. The standard InChI is InChI=1S/C22H20N4O3S/c1-3-26-21-16(11-23-26)15(10-17(25-21)20-5-4-8-30-20)22(27)24-13(2)14-6-7-18-19(9-14)29-12-28-18/h4-11,13H,3,12H2,1-2H3,(H,24,27). The molecular weight excluding hydrogens is 400 g/mol. The highest BCUT2D eigenvalue weighted by Gasteiger charge is 2.21. The van der Waals surface area contributed by atoms with E-state index in [1.165, 1.54) is 0 Å². The van der Waals surface area contributed by atoms with Gasteiger partial charge in [0.15, 0.2) is 17.1 Å². The minimum Gasteiger partial charge on any atom is -0.454 e. The molecule has 1 atom stereocenters. The van der Waals surface area contributed by atoms with Gasteiger partial charge in [-0.2, -0.15) is 5.10 Å². The molecule has 1 aliphatic heterocycles. The van der Waals surface area contributed by atoms with Crippen molar-refractivity contribution in [1.82, 2.24) is 20.1 Å². The highest BCUT2D eigenvalue weighted by Crippen LogP contribution is 2.34. The lowest BCUT2D eigenvalue weighted by Gasteiger charge is -2.16. The maximum Gasteiger partial charge on any atom is 0.252 e. The van der Waals surface area contributed by atoms with Crippen LogP contribution in [0, 0.1) is 0 Å². The number of hydrogen-bond donors (Lipinski definition) is 1. The van der Waals surface area contributed by atoms with Gasteiger partial charge in [0.05, 0.1) is 33.8 Å². The number of nitrogens with zero attached hydrogens (tertiary/aromatic N) is 3. The van der Waals surface area contributed by atoms with E-state index in [1.54, 1.807) is 17.5 Å². The zero-order chi connectivity index (χ0) is 20.7. The van der Waals surface area contributed by atoms with E-state index < -0.39 is 0 Å². The van der Waals surface area contributed by atoms with Gasteiger partial charge in [0, 0.05) is 6.54 Å². The highest BCUT2D eigenvalue weighted by atomic mass is 32.1. The number of fused-ring (bicyclic) bond motifs is 2. The number of hydrogen-bond acceptors (Lipinski definition) is 6. The van der Waals surface area contributed by atoms with Crippen molar-refractivity contribution >= 4 is 28.3 Å². The summed E-state index contributed by atoms with van der Waals surface area (Å²) in [5.74, 6) is 1.26. The van der Waals surface area contributed by atoms with Crippen LogP contribution < -0.4 is 14.8 Å². The van der Waals surface area contributed by atoms with E-state index in [4.69, 9.17) is 14.5 Å². The van der Waals surface area contributed by atoms with Gasteiger partial charge in [0.2, 0.25) is 6.79 Å². The van der Waals surface area contributed by atoms with Gasteiger partial charge < -0.3 is 14.8 Å². The van der Waals surface area contributed by atoms with Crippen LogP contribution in [0.1, 0.15) is 35.8 Å². The maximum atomic E-state index is 13.3. The molecule has 4 aromatic rings. The summed E-state index contributed by atoms with van der Waals surface area (Å²) >= 11 is 1.59. The van der Waals surface area contributed by atoms with E-state index in [0.29, 0.717) is 23.5 Å². The van der Waals surface area contributed by atoms with Gasteiger partial charge in [0.1, 0.15) is 0 Å². The molecule has 1 aromatic carbocycles. The first kappa shape index (κ1) is 18.6. The summed E-state index contributed by atoms with van der Waals surface area (Å²) in [6, 6.07) is 11.3. The molecule has 152 valence electrons. The number of aryl methyl sites for hydroxylation is 1. The number of amides is 1. The molecule has 4 heterocycles. The van der Waals surface area contributed by atoms with Crippen LogP contribution in [0.4, 0.5) is 0 Å². The van der Waals surface area contributed by atoms with E-state index in [-0.39, 0.29) is 18.7 Å². The summed E-state index contributed by atoms with van der Waals surface area (Å²) in [5, 5.41) is 10.2. The number of benzene rings is 1. The van der Waals surface area contributed by atoms with Crippen LogP contribution in [-0.2, 0) is 6.54 Å². The molecule has 7 nitrogen and oxygen atoms in total. The molecule has 1 N–H and O–H groups in total. The number of pyridine rings is 1. The second-order valence-electron chi connectivity index (χ2n) is 7.04. The molecule has 8 heteroatoms. The number of ether oxygens (including phenoxy) is 2. The van der Waals surface area contributed by atoms with Crippen LogP contribution in [0.2, 0.25) is 0 Å². The predicted octanol–water partition coefficient (Wildman–Crippen LogP) is 4.40. The van der Waals surface area contributed by atoms with Crippen molar-refractivity contribution in [1.29, 1.82) is 0 Å². The number of carbonyl (C=O) groups excluding carboxylic acids is 1. The summed E-state index contributed by atoms with van der Waals surface area (Å²) in [6.45, 7) is 4.86. The molecule has 0 fully saturated rings. The third kappa shape index (κ3) is 3.19. The molecule has 5 rings (SSSR count). The Labute approximate surface area is 177 Å². The Kier molecular flexibility index (Phi) is 4.63. The van der Waals surface area contributed by atoms with E-state index in [0.717, 1.165) is 27.3 Å². The monoisotopic (exact) mass is 420 g/mol. The lowest BCUT2D eigenvalue weighted by Crippen LogP contribution is -2.27. The fourth-order valence-corrected chi connectivity index (χ4v) is 4.24. The van der Waals surface area contributed by atoms with E-state index in [2.05, 4.69) is 10.4 Å². The summed E-state index contributed by atoms with van der Waals surface area (Å²) in [4.78, 5) is 19.0. The molecule has 0 spiro atoms. The lowest BCUT2D eigenvalue weighted by molar-refractivity contribution is 0.0941. The average Bonchev–Trinajstić information content (AvgIpc) is 3.52. The quantitative estimate of drug-likeness (QED) is 0.518. The first-order valence-corrected chi connectivity index (χ1v) is 10.6. The van der Waals surface area contributed by atoms with Crippen molar-refractivity contribution < 1.29 is 14.3 Å². The Balaban J connectivity index is 1.50. The summed E-state index contributed by atoms with van der Waals surface area (Å²) in [5.41, 5.74) is 2.99. The van der Waals surface area contributed by atoms with Gasteiger partial charge in [0.25, 0.3) is 5.91 Å². The zero-order valence-corrected chi connectivity index (χ0v) is 17.4. The number of aromatic nitrogens is 3. The number of carbonyl (C=O) groups is 1. The van der Waals surface area contributed by atoms with Gasteiger partial charge in [-0.05, 0) is 49.1 Å². The molecule has 1 amide bonds. The van der Waals surface area contributed by atoms with Crippen molar-refractivity contribution in [3.05, 3.63) is 59.1 Å². The van der Waals surface area contributed by atoms with Crippen LogP contribution in [0.3, 0.4) is 0 Å². The topological polar surface area (TPSA) is 78.3 Å². The highest BCUT2D eigenvalue weighted by molar-refractivity contribution is 7.13. The van der Waals surface area contributed by atoms with E-state index >= 15 is 0 Å². The van der Waals surface area contributed by atoms with Crippen molar-refractivity contribution in [2.75, 3.05) is 6.79 Å². The normalized spacial score (nSPS) is 13.5. The molecule has 3 aromatic heterocycles. The molecule has 0 aliphatic carbocycles. The third-order valence-corrected chi connectivity index (χ3v) is 6.06. The Morgan fingerprint density at radius 2 is 2.13 bits per heavy atom. The summed E-state index contributed by atoms with van der Waals surface area (Å²) < 4.78 is 12.6. The van der Waals surface area contributed by atoms with Gasteiger partial charge >= 0.3 is 0 Å². The first-order chi connectivity index (χ1) is 14.6. The minimum absolute atomic E-state index is 0.166. The Hall–Kier alpha value is -3.39. The van der Waals surface area contributed by atoms with Crippen molar-refractivity contribution in [2.45, 2.75) is 26.4 Å². The van der Waals surface area contributed by atoms with Crippen molar-refractivity contribution in [3.8, 4) is 22.1 Å². The number of nitrogens with one attached hydrogen (secondary N) is 1. The molecule has 0 radical (unpaired) electrons. The fraction of sp³-hybridized carbons (Fsp3) is 0.227. The molecule has 0 saturated heterocycles. The van der Waals surface area contributed by atoms with Crippen LogP contribution >= 0.6 is 11.3 Å². The smallest absolute Gasteiger partial charge is 0.252 e. The number of rotatable bonds is 5. The molecule has 0 saturated carbocycles. The van der Waals surface area contributed by atoms with Crippen LogP contribution in [0.25, 0.3) is 21.6 Å². The van der Waals surface area contributed by atoms with E-state index in [9.17, 15) is 4.79 Å². The van der Waals surface area contributed by atoms with Gasteiger partial charge in [-0.3, -0.25) is 4.79 Å². The fourth-order valence-electron chi connectivity index (χ4n) is 3.56. The second kappa shape index (κ2) is 7.46. The Bertz CT molecular complexity index is 1230. The molecule has 30 heavy (non-hydrogen) atoms.